The molecule has 0 atom stereocenters. The maximum absolute atomic E-state index is 13.7. The number of hydrogen-bond donors (Lipinski definition) is 1. The highest BCUT2D eigenvalue weighted by molar-refractivity contribution is 5.51. The number of benzene rings is 1. The Labute approximate surface area is 119 Å². The first kappa shape index (κ1) is 15.0. The van der Waals surface area contributed by atoms with E-state index < -0.39 is 12.4 Å². The van der Waals surface area contributed by atoms with Gasteiger partial charge in [-0.25, -0.2) is 4.39 Å². The van der Waals surface area contributed by atoms with E-state index in [4.69, 9.17) is 4.74 Å². The minimum Gasteiger partial charge on any atom is -0.473 e. The van der Waals surface area contributed by atoms with Gasteiger partial charge in [-0.2, -0.15) is 13.8 Å². The molecular formula is C14H13F3N2O2. The molecule has 0 saturated carbocycles. The second-order valence-electron chi connectivity index (χ2n) is 4.00. The van der Waals surface area contributed by atoms with Crippen LogP contribution in [0.1, 0.15) is 5.56 Å². The van der Waals surface area contributed by atoms with Crippen molar-refractivity contribution in [3.05, 3.63) is 47.8 Å². The number of pyridine rings is 1. The van der Waals surface area contributed by atoms with Crippen molar-refractivity contribution >= 4 is 5.69 Å². The fourth-order valence-electron chi connectivity index (χ4n) is 1.72. The van der Waals surface area contributed by atoms with Crippen molar-refractivity contribution in [2.24, 2.45) is 0 Å². The quantitative estimate of drug-likeness (QED) is 0.887. The summed E-state index contributed by atoms with van der Waals surface area (Å²) < 4.78 is 47.4. The summed E-state index contributed by atoms with van der Waals surface area (Å²) in [7, 11) is 1.66. The SMILES string of the molecule is CNc1cccc(F)c1COc1cccc(OC(F)F)n1. The van der Waals surface area contributed by atoms with Crippen molar-refractivity contribution in [2.75, 3.05) is 12.4 Å². The molecule has 0 amide bonds. The number of nitrogens with zero attached hydrogens (tertiary/aromatic N) is 1. The maximum atomic E-state index is 13.7. The normalized spacial score (nSPS) is 10.5. The summed E-state index contributed by atoms with van der Waals surface area (Å²) >= 11 is 0. The first-order valence-electron chi connectivity index (χ1n) is 6.10. The lowest BCUT2D eigenvalue weighted by Crippen LogP contribution is -2.06. The Balaban J connectivity index is 2.10. The van der Waals surface area contributed by atoms with Crippen LogP contribution in [0.25, 0.3) is 0 Å². The van der Waals surface area contributed by atoms with E-state index in [-0.39, 0.29) is 18.4 Å². The second-order valence-corrected chi connectivity index (χ2v) is 4.00. The lowest BCUT2D eigenvalue weighted by Gasteiger charge is -2.11. The highest BCUT2D eigenvalue weighted by Crippen LogP contribution is 2.21. The smallest absolute Gasteiger partial charge is 0.388 e. The average molecular weight is 298 g/mol. The van der Waals surface area contributed by atoms with Crippen LogP contribution >= 0.6 is 0 Å². The second kappa shape index (κ2) is 6.83. The van der Waals surface area contributed by atoms with E-state index in [0.717, 1.165) is 0 Å². The molecular weight excluding hydrogens is 285 g/mol. The predicted octanol–water partition coefficient (Wildman–Crippen LogP) is 3.44. The summed E-state index contributed by atoms with van der Waals surface area (Å²) in [4.78, 5) is 3.75. The van der Waals surface area contributed by atoms with Gasteiger partial charge in [-0.15, -0.1) is 0 Å². The van der Waals surface area contributed by atoms with Crippen LogP contribution in [0.5, 0.6) is 11.8 Å². The number of anilines is 1. The molecule has 21 heavy (non-hydrogen) atoms. The molecule has 4 nitrogen and oxygen atoms in total. The third kappa shape index (κ3) is 4.01. The van der Waals surface area contributed by atoms with Gasteiger partial charge in [0.25, 0.3) is 0 Å². The highest BCUT2D eigenvalue weighted by atomic mass is 19.3. The highest BCUT2D eigenvalue weighted by Gasteiger charge is 2.10. The summed E-state index contributed by atoms with van der Waals surface area (Å²) in [6.07, 6.45) is 0. The molecule has 0 aliphatic carbocycles. The van der Waals surface area contributed by atoms with Crippen molar-refractivity contribution < 1.29 is 22.6 Å². The molecule has 1 heterocycles. The van der Waals surface area contributed by atoms with Crippen LogP contribution in [0, 0.1) is 5.82 Å². The van der Waals surface area contributed by atoms with Crippen LogP contribution in [0.2, 0.25) is 0 Å². The van der Waals surface area contributed by atoms with Gasteiger partial charge in [0, 0.05) is 30.4 Å². The van der Waals surface area contributed by atoms with Crippen molar-refractivity contribution in [1.82, 2.24) is 4.98 Å². The number of nitrogens with one attached hydrogen (secondary N) is 1. The minimum atomic E-state index is -2.96. The lowest BCUT2D eigenvalue weighted by atomic mass is 10.2. The zero-order valence-corrected chi connectivity index (χ0v) is 11.1. The van der Waals surface area contributed by atoms with Gasteiger partial charge in [-0.05, 0) is 12.1 Å². The molecule has 0 unspecified atom stereocenters. The van der Waals surface area contributed by atoms with E-state index in [2.05, 4.69) is 15.0 Å². The van der Waals surface area contributed by atoms with Crippen LogP contribution < -0.4 is 14.8 Å². The van der Waals surface area contributed by atoms with E-state index in [0.29, 0.717) is 11.3 Å². The van der Waals surface area contributed by atoms with Gasteiger partial charge in [0.05, 0.1) is 0 Å². The molecule has 2 aromatic rings. The molecule has 2 rings (SSSR count). The van der Waals surface area contributed by atoms with Gasteiger partial charge >= 0.3 is 6.61 Å². The lowest BCUT2D eigenvalue weighted by molar-refractivity contribution is -0.0531. The average Bonchev–Trinajstić information content (AvgIpc) is 2.45. The fraction of sp³-hybridized carbons (Fsp3) is 0.214. The Hall–Kier alpha value is -2.44. The third-order valence-electron chi connectivity index (χ3n) is 2.66. The van der Waals surface area contributed by atoms with E-state index >= 15 is 0 Å². The fourth-order valence-corrected chi connectivity index (χ4v) is 1.72. The summed E-state index contributed by atoms with van der Waals surface area (Å²) in [6.45, 7) is -3.05. The Morgan fingerprint density at radius 2 is 1.86 bits per heavy atom. The molecule has 112 valence electrons. The largest absolute Gasteiger partial charge is 0.473 e. The van der Waals surface area contributed by atoms with Crippen molar-refractivity contribution in [1.29, 1.82) is 0 Å². The summed E-state index contributed by atoms with van der Waals surface area (Å²) in [5.41, 5.74) is 0.900. The predicted molar refractivity (Wildman–Crippen MR) is 71.1 cm³/mol. The van der Waals surface area contributed by atoms with E-state index in [1.807, 2.05) is 0 Å². The topological polar surface area (TPSA) is 43.4 Å². The van der Waals surface area contributed by atoms with Crippen LogP contribution in [0.3, 0.4) is 0 Å². The number of aromatic nitrogens is 1. The molecule has 7 heteroatoms. The van der Waals surface area contributed by atoms with Crippen LogP contribution in [-0.2, 0) is 6.61 Å². The molecule has 0 radical (unpaired) electrons. The van der Waals surface area contributed by atoms with Gasteiger partial charge in [0.2, 0.25) is 11.8 Å². The van der Waals surface area contributed by atoms with Gasteiger partial charge in [0.1, 0.15) is 12.4 Å². The number of hydrogen-bond acceptors (Lipinski definition) is 4. The number of halogens is 3. The number of ether oxygens (including phenoxy) is 2. The summed E-state index contributed by atoms with van der Waals surface area (Å²) in [6, 6.07) is 8.79. The summed E-state index contributed by atoms with van der Waals surface area (Å²) in [5.74, 6) is -0.620. The van der Waals surface area contributed by atoms with Gasteiger partial charge in [0.15, 0.2) is 0 Å². The van der Waals surface area contributed by atoms with Crippen LogP contribution in [0.15, 0.2) is 36.4 Å². The molecule has 1 aromatic heterocycles. The first-order chi connectivity index (χ1) is 10.1. The molecule has 0 bridgehead atoms. The molecule has 0 aliphatic heterocycles. The summed E-state index contributed by atoms with van der Waals surface area (Å²) in [5, 5.41) is 2.85. The van der Waals surface area contributed by atoms with E-state index in [1.165, 1.54) is 24.3 Å². The Morgan fingerprint density at radius 3 is 2.57 bits per heavy atom. The van der Waals surface area contributed by atoms with E-state index in [1.54, 1.807) is 19.2 Å². The molecule has 0 spiro atoms. The number of rotatable bonds is 6. The van der Waals surface area contributed by atoms with Gasteiger partial charge in [-0.1, -0.05) is 12.1 Å². The molecule has 0 aliphatic rings. The Kier molecular flexibility index (Phi) is 4.86. The Bertz CT molecular complexity index is 609. The van der Waals surface area contributed by atoms with Crippen molar-refractivity contribution in [3.63, 3.8) is 0 Å². The number of alkyl halides is 2. The zero-order valence-electron chi connectivity index (χ0n) is 11.1. The molecule has 1 N–H and O–H groups in total. The maximum Gasteiger partial charge on any atom is 0.388 e. The van der Waals surface area contributed by atoms with Crippen LogP contribution in [0.4, 0.5) is 18.9 Å². The van der Waals surface area contributed by atoms with Crippen molar-refractivity contribution in [2.45, 2.75) is 13.2 Å². The third-order valence-corrected chi connectivity index (χ3v) is 2.66. The van der Waals surface area contributed by atoms with Gasteiger partial charge in [-0.3, -0.25) is 0 Å². The van der Waals surface area contributed by atoms with Crippen molar-refractivity contribution in [3.8, 4) is 11.8 Å². The standard InChI is InChI=1S/C14H13F3N2O2/c1-18-11-5-2-4-10(15)9(11)8-20-12-6-3-7-13(19-12)21-14(16)17/h2-7,14,18H,8H2,1H3. The van der Waals surface area contributed by atoms with Gasteiger partial charge < -0.3 is 14.8 Å². The molecule has 1 aromatic carbocycles. The molecule has 0 fully saturated rings. The van der Waals surface area contributed by atoms with E-state index in [9.17, 15) is 13.2 Å². The molecule has 0 saturated heterocycles. The van der Waals surface area contributed by atoms with Crippen LogP contribution in [-0.4, -0.2) is 18.6 Å². The minimum absolute atomic E-state index is 0.0680. The zero-order chi connectivity index (χ0) is 15.2. The first-order valence-corrected chi connectivity index (χ1v) is 6.10. The monoisotopic (exact) mass is 298 g/mol. The Morgan fingerprint density at radius 1 is 1.14 bits per heavy atom.